The van der Waals surface area contributed by atoms with E-state index in [1.54, 1.807) is 25.1 Å². The zero-order valence-corrected chi connectivity index (χ0v) is 11.1. The smallest absolute Gasteiger partial charge is 0.335 e. The number of anilines is 1. The molecule has 0 aliphatic heterocycles. The number of carboxylic acids is 1. The summed E-state index contributed by atoms with van der Waals surface area (Å²) in [4.78, 5) is 24.0. The number of aromatic carboxylic acids is 1. The van der Waals surface area contributed by atoms with Crippen molar-refractivity contribution in [2.75, 3.05) is 26.0 Å². The number of halogens is 1. The molecule has 0 saturated carbocycles. The third kappa shape index (κ3) is 4.16. The van der Waals surface area contributed by atoms with E-state index in [1.165, 1.54) is 12.1 Å². The van der Waals surface area contributed by atoms with Crippen molar-refractivity contribution in [3.63, 3.8) is 0 Å². The number of carbonyl (C=O) groups excluding carboxylic acids is 1. The summed E-state index contributed by atoms with van der Waals surface area (Å²) in [6.07, 6.45) is 0. The molecule has 0 fully saturated rings. The van der Waals surface area contributed by atoms with E-state index in [0.29, 0.717) is 10.2 Å². The van der Waals surface area contributed by atoms with Crippen molar-refractivity contribution >= 4 is 33.5 Å². The predicted octanol–water partition coefficient (Wildman–Crippen LogP) is 1.65. The van der Waals surface area contributed by atoms with Crippen molar-refractivity contribution in [2.24, 2.45) is 0 Å². The number of benzene rings is 1. The number of likely N-dealkylation sites (N-methyl/N-ethyl adjacent to an activating group) is 1. The molecule has 5 nitrogen and oxygen atoms in total. The molecule has 17 heavy (non-hydrogen) atoms. The lowest BCUT2D eigenvalue weighted by molar-refractivity contribution is -0.116. The Balaban J connectivity index is 2.79. The van der Waals surface area contributed by atoms with Crippen LogP contribution in [0.5, 0.6) is 0 Å². The average Bonchev–Trinajstić information content (AvgIpc) is 2.19. The van der Waals surface area contributed by atoms with Gasteiger partial charge >= 0.3 is 5.97 Å². The van der Waals surface area contributed by atoms with Crippen LogP contribution in [0.3, 0.4) is 0 Å². The molecule has 1 aromatic carbocycles. The van der Waals surface area contributed by atoms with Crippen LogP contribution in [0.15, 0.2) is 22.7 Å². The molecular weight excluding hydrogens is 288 g/mol. The molecule has 0 aliphatic carbocycles. The van der Waals surface area contributed by atoms with Gasteiger partial charge in [0.25, 0.3) is 0 Å². The Morgan fingerprint density at radius 2 is 2.06 bits per heavy atom. The van der Waals surface area contributed by atoms with Gasteiger partial charge in [0.2, 0.25) is 5.91 Å². The fourth-order valence-corrected chi connectivity index (χ4v) is 1.70. The van der Waals surface area contributed by atoms with E-state index in [-0.39, 0.29) is 18.0 Å². The zero-order valence-electron chi connectivity index (χ0n) is 9.53. The molecule has 0 aliphatic rings. The Labute approximate surface area is 108 Å². The third-order valence-electron chi connectivity index (χ3n) is 1.95. The van der Waals surface area contributed by atoms with Gasteiger partial charge in [-0.05, 0) is 48.2 Å². The second kappa shape index (κ2) is 5.79. The van der Waals surface area contributed by atoms with Crippen LogP contribution in [0, 0.1) is 0 Å². The lowest BCUT2D eigenvalue weighted by Crippen LogP contribution is -2.27. The third-order valence-corrected chi connectivity index (χ3v) is 2.61. The molecule has 1 rings (SSSR count). The normalized spacial score (nSPS) is 10.4. The molecule has 0 radical (unpaired) electrons. The van der Waals surface area contributed by atoms with Crippen LogP contribution in [0.4, 0.5) is 5.69 Å². The highest BCUT2D eigenvalue weighted by molar-refractivity contribution is 9.10. The molecule has 2 N–H and O–H groups in total. The average molecular weight is 301 g/mol. The fraction of sp³-hybridized carbons (Fsp3) is 0.273. The summed E-state index contributed by atoms with van der Waals surface area (Å²) < 4.78 is 0.546. The van der Waals surface area contributed by atoms with Gasteiger partial charge in [-0.3, -0.25) is 4.79 Å². The van der Waals surface area contributed by atoms with Crippen LogP contribution in [0.2, 0.25) is 0 Å². The summed E-state index contributed by atoms with van der Waals surface area (Å²) in [7, 11) is 3.59. The van der Waals surface area contributed by atoms with Gasteiger partial charge in [-0.25, -0.2) is 4.79 Å². The number of nitrogens with zero attached hydrogens (tertiary/aromatic N) is 1. The Morgan fingerprint density at radius 1 is 1.41 bits per heavy atom. The van der Waals surface area contributed by atoms with Crippen molar-refractivity contribution in [3.8, 4) is 0 Å². The first-order valence-corrected chi connectivity index (χ1v) is 5.67. The lowest BCUT2D eigenvalue weighted by atomic mass is 10.2. The van der Waals surface area contributed by atoms with Gasteiger partial charge in [-0.2, -0.15) is 0 Å². The topological polar surface area (TPSA) is 69.6 Å². The first kappa shape index (κ1) is 13.7. The maximum Gasteiger partial charge on any atom is 0.335 e. The number of hydrogen-bond donors (Lipinski definition) is 2. The number of carbonyl (C=O) groups is 2. The van der Waals surface area contributed by atoms with Gasteiger partial charge in [0.05, 0.1) is 17.8 Å². The molecule has 0 spiro atoms. The molecule has 0 bridgehead atoms. The largest absolute Gasteiger partial charge is 0.478 e. The summed E-state index contributed by atoms with van der Waals surface area (Å²) in [5.41, 5.74) is 0.726. The standard InChI is InChI=1S/C11H13BrN2O3/c1-14(2)6-10(15)13-9-4-3-7(11(16)17)5-8(9)12/h3-5H,6H2,1-2H3,(H,13,15)(H,16,17). The van der Waals surface area contributed by atoms with Gasteiger partial charge in [0.1, 0.15) is 0 Å². The van der Waals surface area contributed by atoms with Crippen molar-refractivity contribution in [1.82, 2.24) is 4.90 Å². The van der Waals surface area contributed by atoms with Crippen LogP contribution >= 0.6 is 15.9 Å². The summed E-state index contributed by atoms with van der Waals surface area (Å²) in [5.74, 6) is -1.16. The quantitative estimate of drug-likeness (QED) is 0.887. The summed E-state index contributed by atoms with van der Waals surface area (Å²) in [6, 6.07) is 4.45. The zero-order chi connectivity index (χ0) is 13.0. The number of hydrogen-bond acceptors (Lipinski definition) is 3. The number of rotatable bonds is 4. The fourth-order valence-electron chi connectivity index (χ4n) is 1.23. The van der Waals surface area contributed by atoms with Gasteiger partial charge in [-0.15, -0.1) is 0 Å². The van der Waals surface area contributed by atoms with E-state index >= 15 is 0 Å². The SMILES string of the molecule is CN(C)CC(=O)Nc1ccc(C(=O)O)cc1Br. The number of nitrogens with one attached hydrogen (secondary N) is 1. The Morgan fingerprint density at radius 3 is 2.53 bits per heavy atom. The van der Waals surface area contributed by atoms with E-state index < -0.39 is 5.97 Å². The minimum absolute atomic E-state index is 0.154. The van der Waals surface area contributed by atoms with E-state index in [1.807, 2.05) is 0 Å². The Kier molecular flexibility index (Phi) is 4.65. The second-order valence-electron chi connectivity index (χ2n) is 3.79. The van der Waals surface area contributed by atoms with Gasteiger partial charge < -0.3 is 15.3 Å². The molecule has 0 atom stereocenters. The monoisotopic (exact) mass is 300 g/mol. The van der Waals surface area contributed by atoms with Crippen LogP contribution in [-0.4, -0.2) is 42.5 Å². The van der Waals surface area contributed by atoms with Gasteiger partial charge in [0, 0.05) is 4.47 Å². The minimum atomic E-state index is -1.00. The molecule has 1 amide bonds. The minimum Gasteiger partial charge on any atom is -0.478 e. The highest BCUT2D eigenvalue weighted by Crippen LogP contribution is 2.23. The molecule has 1 aromatic rings. The summed E-state index contributed by atoms with van der Waals surface area (Å²) >= 11 is 3.22. The van der Waals surface area contributed by atoms with Crippen molar-refractivity contribution in [2.45, 2.75) is 0 Å². The lowest BCUT2D eigenvalue weighted by Gasteiger charge is -2.11. The van der Waals surface area contributed by atoms with Crippen molar-refractivity contribution in [3.05, 3.63) is 28.2 Å². The number of amides is 1. The molecular formula is C11H13BrN2O3. The van der Waals surface area contributed by atoms with Crippen molar-refractivity contribution < 1.29 is 14.7 Å². The maximum atomic E-state index is 11.5. The molecule has 0 unspecified atom stereocenters. The number of carboxylic acid groups (broad SMARTS) is 1. The van der Waals surface area contributed by atoms with E-state index in [9.17, 15) is 9.59 Å². The van der Waals surface area contributed by atoms with Crippen LogP contribution in [-0.2, 0) is 4.79 Å². The first-order chi connectivity index (χ1) is 7.90. The summed E-state index contributed by atoms with van der Waals surface area (Å²) in [5, 5.41) is 11.5. The summed E-state index contributed by atoms with van der Waals surface area (Å²) in [6.45, 7) is 0.271. The van der Waals surface area contributed by atoms with Crippen LogP contribution in [0.1, 0.15) is 10.4 Å². The predicted molar refractivity (Wildman–Crippen MR) is 68.3 cm³/mol. The van der Waals surface area contributed by atoms with Crippen LogP contribution < -0.4 is 5.32 Å². The molecule has 6 heteroatoms. The maximum absolute atomic E-state index is 11.5. The molecule has 0 heterocycles. The van der Waals surface area contributed by atoms with Crippen LogP contribution in [0.25, 0.3) is 0 Å². The molecule has 0 aromatic heterocycles. The Hall–Kier alpha value is -1.40. The van der Waals surface area contributed by atoms with Gasteiger partial charge in [0.15, 0.2) is 0 Å². The second-order valence-corrected chi connectivity index (χ2v) is 4.64. The van der Waals surface area contributed by atoms with Gasteiger partial charge in [-0.1, -0.05) is 0 Å². The van der Waals surface area contributed by atoms with E-state index in [0.717, 1.165) is 0 Å². The molecule has 0 saturated heterocycles. The molecule has 92 valence electrons. The highest BCUT2D eigenvalue weighted by Gasteiger charge is 2.09. The van der Waals surface area contributed by atoms with E-state index in [4.69, 9.17) is 5.11 Å². The first-order valence-electron chi connectivity index (χ1n) is 4.87. The highest BCUT2D eigenvalue weighted by atomic mass is 79.9. The van der Waals surface area contributed by atoms with E-state index in [2.05, 4.69) is 21.2 Å². The Bertz CT molecular complexity index is 446. The van der Waals surface area contributed by atoms with Crippen molar-refractivity contribution in [1.29, 1.82) is 0 Å².